The first-order valence-electron chi connectivity index (χ1n) is 5.14. The molecule has 92 valence electrons. The standard InChI is InChI=1S/C13H8BrF2NO/c14-9-1-2-12(17-7-9)6-13(18)8-3-10(15)5-11(16)4-8/h1-5,7H,6H2. The van der Waals surface area contributed by atoms with Crippen LogP contribution in [0.25, 0.3) is 0 Å². The van der Waals surface area contributed by atoms with Crippen LogP contribution in [0.1, 0.15) is 16.1 Å². The van der Waals surface area contributed by atoms with E-state index in [0.29, 0.717) is 5.69 Å². The van der Waals surface area contributed by atoms with Gasteiger partial charge in [-0.05, 0) is 40.2 Å². The molecule has 1 aromatic carbocycles. The Morgan fingerprint density at radius 2 is 1.83 bits per heavy atom. The lowest BCUT2D eigenvalue weighted by Crippen LogP contribution is -2.06. The molecule has 0 aliphatic carbocycles. The van der Waals surface area contributed by atoms with E-state index in [1.165, 1.54) is 0 Å². The average Bonchev–Trinajstić information content (AvgIpc) is 2.31. The number of hydrogen-bond donors (Lipinski definition) is 0. The lowest BCUT2D eigenvalue weighted by molar-refractivity contribution is 0.0991. The first-order chi connectivity index (χ1) is 8.54. The fraction of sp³-hybridized carbons (Fsp3) is 0.0769. The Balaban J connectivity index is 2.19. The van der Waals surface area contributed by atoms with E-state index in [2.05, 4.69) is 20.9 Å². The van der Waals surface area contributed by atoms with Gasteiger partial charge in [0.25, 0.3) is 0 Å². The van der Waals surface area contributed by atoms with Gasteiger partial charge in [-0.1, -0.05) is 0 Å². The van der Waals surface area contributed by atoms with Gasteiger partial charge in [-0.2, -0.15) is 0 Å². The van der Waals surface area contributed by atoms with E-state index in [-0.39, 0.29) is 17.8 Å². The molecule has 18 heavy (non-hydrogen) atoms. The van der Waals surface area contributed by atoms with Gasteiger partial charge in [0.2, 0.25) is 0 Å². The predicted molar refractivity (Wildman–Crippen MR) is 66.3 cm³/mol. The van der Waals surface area contributed by atoms with Crippen molar-refractivity contribution in [3.8, 4) is 0 Å². The Bertz CT molecular complexity index is 564. The second kappa shape index (κ2) is 5.35. The second-order valence-electron chi connectivity index (χ2n) is 3.73. The zero-order chi connectivity index (χ0) is 13.1. The van der Waals surface area contributed by atoms with Gasteiger partial charge < -0.3 is 0 Å². The highest BCUT2D eigenvalue weighted by Crippen LogP contribution is 2.12. The molecule has 5 heteroatoms. The highest BCUT2D eigenvalue weighted by molar-refractivity contribution is 9.10. The van der Waals surface area contributed by atoms with Gasteiger partial charge in [0, 0.05) is 28.0 Å². The maximum atomic E-state index is 13.0. The number of hydrogen-bond acceptors (Lipinski definition) is 2. The molecule has 0 fully saturated rings. The van der Waals surface area contributed by atoms with Crippen molar-refractivity contribution in [2.24, 2.45) is 0 Å². The molecule has 0 aliphatic rings. The molecule has 1 heterocycles. The lowest BCUT2D eigenvalue weighted by atomic mass is 10.1. The van der Waals surface area contributed by atoms with Crippen LogP contribution in [-0.4, -0.2) is 10.8 Å². The molecule has 2 aromatic rings. The Morgan fingerprint density at radius 3 is 2.39 bits per heavy atom. The molecule has 0 saturated heterocycles. The Morgan fingerprint density at radius 1 is 1.17 bits per heavy atom. The van der Waals surface area contributed by atoms with Crippen LogP contribution in [0.2, 0.25) is 0 Å². The van der Waals surface area contributed by atoms with Crippen molar-refractivity contribution in [1.29, 1.82) is 0 Å². The van der Waals surface area contributed by atoms with Crippen molar-refractivity contribution in [1.82, 2.24) is 4.98 Å². The van der Waals surface area contributed by atoms with Crippen molar-refractivity contribution < 1.29 is 13.6 Å². The quantitative estimate of drug-likeness (QED) is 0.811. The Labute approximate surface area is 111 Å². The molecule has 0 aliphatic heterocycles. The first kappa shape index (κ1) is 12.8. The monoisotopic (exact) mass is 311 g/mol. The minimum atomic E-state index is -0.762. The van der Waals surface area contributed by atoms with Gasteiger partial charge in [0.15, 0.2) is 5.78 Å². The van der Waals surface area contributed by atoms with Gasteiger partial charge >= 0.3 is 0 Å². The fourth-order valence-electron chi connectivity index (χ4n) is 1.49. The zero-order valence-corrected chi connectivity index (χ0v) is 10.7. The van der Waals surface area contributed by atoms with Crippen LogP contribution in [0, 0.1) is 11.6 Å². The van der Waals surface area contributed by atoms with Crippen LogP contribution in [0.5, 0.6) is 0 Å². The normalized spacial score (nSPS) is 10.4. The Hall–Kier alpha value is -1.62. The van der Waals surface area contributed by atoms with Crippen molar-refractivity contribution in [2.45, 2.75) is 6.42 Å². The SMILES string of the molecule is O=C(Cc1ccc(Br)cn1)c1cc(F)cc(F)c1. The third-order valence-electron chi connectivity index (χ3n) is 2.31. The largest absolute Gasteiger partial charge is 0.294 e. The minimum absolute atomic E-state index is 0.0101. The third kappa shape index (κ3) is 3.20. The molecule has 0 amide bonds. The number of Topliss-reactive ketones (excluding diaryl/α,β-unsaturated/α-hetero) is 1. The van der Waals surface area contributed by atoms with Crippen molar-refractivity contribution in [3.05, 3.63) is 63.9 Å². The molecule has 0 atom stereocenters. The number of benzene rings is 1. The van der Waals surface area contributed by atoms with Crippen molar-refractivity contribution in [3.63, 3.8) is 0 Å². The van der Waals surface area contributed by atoms with Gasteiger partial charge in [0.1, 0.15) is 11.6 Å². The van der Waals surface area contributed by atoms with Gasteiger partial charge in [0.05, 0.1) is 6.42 Å². The van der Waals surface area contributed by atoms with Crippen molar-refractivity contribution in [2.75, 3.05) is 0 Å². The molecule has 1 aromatic heterocycles. The van der Waals surface area contributed by atoms with Crippen LogP contribution in [0.15, 0.2) is 41.0 Å². The maximum absolute atomic E-state index is 13.0. The highest BCUT2D eigenvalue weighted by atomic mass is 79.9. The van der Waals surface area contributed by atoms with E-state index >= 15 is 0 Å². The smallest absolute Gasteiger partial charge is 0.169 e. The average molecular weight is 312 g/mol. The van der Waals surface area contributed by atoms with Crippen LogP contribution in [0.4, 0.5) is 8.78 Å². The number of carbonyl (C=O) groups is 1. The summed E-state index contributed by atoms with van der Waals surface area (Å²) in [7, 11) is 0. The Kier molecular flexibility index (Phi) is 3.81. The van der Waals surface area contributed by atoms with Gasteiger partial charge in [-0.15, -0.1) is 0 Å². The van der Waals surface area contributed by atoms with E-state index in [4.69, 9.17) is 0 Å². The van der Waals surface area contributed by atoms with Gasteiger partial charge in [-0.25, -0.2) is 8.78 Å². The number of carbonyl (C=O) groups excluding carboxylic acids is 1. The van der Waals surface area contributed by atoms with E-state index in [0.717, 1.165) is 22.7 Å². The number of halogens is 3. The lowest BCUT2D eigenvalue weighted by Gasteiger charge is -2.02. The summed E-state index contributed by atoms with van der Waals surface area (Å²) in [5.74, 6) is -1.90. The number of rotatable bonds is 3. The number of ketones is 1. The summed E-state index contributed by atoms with van der Waals surface area (Å²) in [6.07, 6.45) is 1.57. The van der Waals surface area contributed by atoms with Crippen LogP contribution < -0.4 is 0 Å². The second-order valence-corrected chi connectivity index (χ2v) is 4.64. The summed E-state index contributed by atoms with van der Waals surface area (Å²) in [6, 6.07) is 6.20. The van der Waals surface area contributed by atoms with Gasteiger partial charge in [-0.3, -0.25) is 9.78 Å². The van der Waals surface area contributed by atoms with E-state index in [9.17, 15) is 13.6 Å². The van der Waals surface area contributed by atoms with Crippen molar-refractivity contribution >= 4 is 21.7 Å². The molecule has 0 radical (unpaired) electrons. The molecule has 0 N–H and O–H groups in total. The number of nitrogens with zero attached hydrogens (tertiary/aromatic N) is 1. The number of pyridine rings is 1. The topological polar surface area (TPSA) is 30.0 Å². The maximum Gasteiger partial charge on any atom is 0.169 e. The summed E-state index contributed by atoms with van der Waals surface area (Å²) in [4.78, 5) is 15.9. The molecule has 0 spiro atoms. The molecular weight excluding hydrogens is 304 g/mol. The van der Waals surface area contributed by atoms with E-state index in [1.54, 1.807) is 18.3 Å². The fourth-order valence-corrected chi connectivity index (χ4v) is 1.73. The summed E-state index contributed by atoms with van der Waals surface area (Å²) < 4.78 is 26.7. The summed E-state index contributed by atoms with van der Waals surface area (Å²) in [5, 5.41) is 0. The summed E-state index contributed by atoms with van der Waals surface area (Å²) >= 11 is 3.23. The summed E-state index contributed by atoms with van der Waals surface area (Å²) in [5.41, 5.74) is 0.560. The third-order valence-corrected chi connectivity index (χ3v) is 2.78. The summed E-state index contributed by atoms with van der Waals surface area (Å²) in [6.45, 7) is 0. The predicted octanol–water partition coefficient (Wildman–Crippen LogP) is 3.55. The van der Waals surface area contributed by atoms with E-state index < -0.39 is 11.6 Å². The molecule has 0 unspecified atom stereocenters. The zero-order valence-electron chi connectivity index (χ0n) is 9.16. The number of aromatic nitrogens is 1. The first-order valence-corrected chi connectivity index (χ1v) is 5.93. The minimum Gasteiger partial charge on any atom is -0.294 e. The van der Waals surface area contributed by atoms with Crippen LogP contribution in [-0.2, 0) is 6.42 Å². The highest BCUT2D eigenvalue weighted by Gasteiger charge is 2.10. The van der Waals surface area contributed by atoms with Crippen LogP contribution in [0.3, 0.4) is 0 Å². The van der Waals surface area contributed by atoms with E-state index in [1.807, 2.05) is 0 Å². The molecule has 2 nitrogen and oxygen atoms in total. The molecule has 0 saturated carbocycles. The molecular formula is C13H8BrF2NO. The molecule has 0 bridgehead atoms. The molecule has 2 rings (SSSR count). The van der Waals surface area contributed by atoms with Crippen LogP contribution >= 0.6 is 15.9 Å².